The van der Waals surface area contributed by atoms with Crippen LogP contribution in [-0.4, -0.2) is 29.7 Å². The number of hydrogen-bond donors (Lipinski definition) is 1. The van der Waals surface area contributed by atoms with Gasteiger partial charge in [0.25, 0.3) is 0 Å². The molecule has 0 heterocycles. The Labute approximate surface area is 121 Å². The van der Waals surface area contributed by atoms with E-state index in [0.29, 0.717) is 12.8 Å². The maximum atomic E-state index is 12.5. The molecule has 2 bridgehead atoms. The first kappa shape index (κ1) is 16.1. The molecule has 0 aromatic heterocycles. The lowest BCUT2D eigenvalue weighted by molar-refractivity contribution is -0.221. The van der Waals surface area contributed by atoms with E-state index in [2.05, 4.69) is 5.32 Å². The summed E-state index contributed by atoms with van der Waals surface area (Å²) in [6.45, 7) is 6.93. The minimum atomic E-state index is -5.00. The van der Waals surface area contributed by atoms with Gasteiger partial charge in [-0.05, 0) is 18.3 Å². The molecule has 2 saturated carbocycles. The predicted molar refractivity (Wildman–Crippen MR) is 68.2 cm³/mol. The van der Waals surface area contributed by atoms with Crippen molar-refractivity contribution in [2.75, 3.05) is 0 Å². The molecule has 21 heavy (non-hydrogen) atoms. The Bertz CT molecular complexity index is 488. The van der Waals surface area contributed by atoms with Gasteiger partial charge in [-0.1, -0.05) is 20.8 Å². The lowest BCUT2D eigenvalue weighted by Crippen LogP contribution is -2.46. The number of halogens is 3. The van der Waals surface area contributed by atoms with E-state index in [4.69, 9.17) is 4.74 Å². The van der Waals surface area contributed by atoms with Crippen molar-refractivity contribution < 1.29 is 27.5 Å². The molecule has 3 atom stereocenters. The first-order valence-electron chi connectivity index (χ1n) is 6.93. The molecule has 0 aromatic rings. The summed E-state index contributed by atoms with van der Waals surface area (Å²) in [4.78, 5) is 22.6. The minimum Gasteiger partial charge on any atom is -0.452 e. The molecule has 0 saturated heterocycles. The van der Waals surface area contributed by atoms with Gasteiger partial charge in [-0.3, -0.25) is 4.79 Å². The second-order valence-corrected chi connectivity index (χ2v) is 6.88. The highest BCUT2D eigenvalue weighted by atomic mass is 19.4. The van der Waals surface area contributed by atoms with E-state index in [1.807, 2.05) is 20.8 Å². The number of carbonyl (C=O) groups excluding carboxylic acids is 2. The highest BCUT2D eigenvalue weighted by Crippen LogP contribution is 2.69. The van der Waals surface area contributed by atoms with Crippen LogP contribution >= 0.6 is 0 Å². The Morgan fingerprint density at radius 2 is 1.76 bits per heavy atom. The van der Waals surface area contributed by atoms with Crippen LogP contribution in [0.15, 0.2) is 0 Å². The summed E-state index contributed by atoms with van der Waals surface area (Å²) in [6.07, 6.45) is -3.79. The van der Waals surface area contributed by atoms with Crippen molar-refractivity contribution in [1.29, 1.82) is 0 Å². The molecular formula is C14H20F3NO3. The quantitative estimate of drug-likeness (QED) is 0.798. The summed E-state index contributed by atoms with van der Waals surface area (Å²) < 4.78 is 42.5. The molecule has 0 aliphatic heterocycles. The van der Waals surface area contributed by atoms with E-state index in [9.17, 15) is 22.8 Å². The third-order valence-electron chi connectivity index (χ3n) is 5.81. The zero-order valence-electron chi connectivity index (χ0n) is 12.6. The fourth-order valence-electron chi connectivity index (χ4n) is 4.04. The zero-order valence-corrected chi connectivity index (χ0v) is 12.6. The van der Waals surface area contributed by atoms with Gasteiger partial charge in [0.05, 0.1) is 0 Å². The molecular weight excluding hydrogens is 287 g/mol. The van der Waals surface area contributed by atoms with Crippen LogP contribution in [0.1, 0.15) is 47.0 Å². The van der Waals surface area contributed by atoms with Gasteiger partial charge in [0, 0.05) is 24.8 Å². The monoisotopic (exact) mass is 307 g/mol. The molecule has 7 heteroatoms. The third-order valence-corrected chi connectivity index (χ3v) is 5.81. The SMILES string of the molecule is CC(=O)N[C@H]1C[C@]2(OC(=O)C(F)(F)F)CC[C@@]1(C)C2(C)C. The van der Waals surface area contributed by atoms with Crippen LogP contribution in [0, 0.1) is 10.8 Å². The van der Waals surface area contributed by atoms with Crippen LogP contribution in [-0.2, 0) is 14.3 Å². The summed E-state index contributed by atoms with van der Waals surface area (Å²) in [5.41, 5.74) is -2.22. The topological polar surface area (TPSA) is 55.4 Å². The van der Waals surface area contributed by atoms with Crippen molar-refractivity contribution in [1.82, 2.24) is 5.32 Å². The normalized spacial score (nSPS) is 37.4. The predicted octanol–water partition coefficient (Wildman–Crippen LogP) is 2.57. The average Bonchev–Trinajstić information content (AvgIpc) is 2.57. The first-order valence-corrected chi connectivity index (χ1v) is 6.93. The van der Waals surface area contributed by atoms with Crippen LogP contribution < -0.4 is 5.32 Å². The van der Waals surface area contributed by atoms with Gasteiger partial charge in [-0.25, -0.2) is 4.79 Å². The van der Waals surface area contributed by atoms with Gasteiger partial charge < -0.3 is 10.1 Å². The molecule has 2 fully saturated rings. The summed E-state index contributed by atoms with van der Waals surface area (Å²) in [6, 6.07) is -0.292. The number of alkyl halides is 3. The minimum absolute atomic E-state index is 0.220. The maximum Gasteiger partial charge on any atom is 0.490 e. The Morgan fingerprint density at radius 1 is 1.19 bits per heavy atom. The van der Waals surface area contributed by atoms with Crippen molar-refractivity contribution in [2.24, 2.45) is 10.8 Å². The number of carbonyl (C=O) groups is 2. The molecule has 0 radical (unpaired) electrons. The van der Waals surface area contributed by atoms with E-state index in [1.54, 1.807) is 0 Å². The van der Waals surface area contributed by atoms with Gasteiger partial charge in [-0.2, -0.15) is 13.2 Å². The second kappa shape index (κ2) is 4.36. The maximum absolute atomic E-state index is 12.5. The third kappa shape index (κ3) is 2.12. The standard InChI is InChI=1S/C14H20F3NO3/c1-8(19)18-9-7-13(21-10(20)14(15,16)17)6-5-12(9,4)11(13,2)3/h9H,5-7H2,1-4H3,(H,18,19)/t9-,12+,13+/m0/s1. The van der Waals surface area contributed by atoms with Gasteiger partial charge >= 0.3 is 12.1 Å². The molecule has 4 nitrogen and oxygen atoms in total. The summed E-state index contributed by atoms with van der Waals surface area (Å²) in [5, 5.41) is 2.79. The van der Waals surface area contributed by atoms with Crippen molar-refractivity contribution >= 4 is 11.9 Å². The first-order chi connectivity index (χ1) is 9.36. The lowest BCUT2D eigenvalue weighted by Gasteiger charge is -2.40. The molecule has 0 spiro atoms. The summed E-state index contributed by atoms with van der Waals surface area (Å²) >= 11 is 0. The van der Waals surface area contributed by atoms with Crippen LogP contribution in [0.25, 0.3) is 0 Å². The van der Waals surface area contributed by atoms with Crippen LogP contribution in [0.4, 0.5) is 13.2 Å². The smallest absolute Gasteiger partial charge is 0.452 e. The molecule has 2 aliphatic carbocycles. The number of ether oxygens (including phenoxy) is 1. The van der Waals surface area contributed by atoms with Crippen LogP contribution in [0.2, 0.25) is 0 Å². The molecule has 0 aromatic carbocycles. The van der Waals surface area contributed by atoms with Crippen molar-refractivity contribution in [3.8, 4) is 0 Å². The van der Waals surface area contributed by atoms with Gasteiger partial charge in [-0.15, -0.1) is 0 Å². The molecule has 0 unspecified atom stereocenters. The molecule has 120 valence electrons. The second-order valence-electron chi connectivity index (χ2n) is 6.88. The Balaban J connectivity index is 2.32. The summed E-state index contributed by atoms with van der Waals surface area (Å²) in [7, 11) is 0. The number of rotatable bonds is 2. The van der Waals surface area contributed by atoms with Crippen molar-refractivity contribution in [2.45, 2.75) is 64.8 Å². The van der Waals surface area contributed by atoms with Gasteiger partial charge in [0.2, 0.25) is 5.91 Å². The molecule has 1 N–H and O–H groups in total. The Kier molecular flexibility index (Phi) is 3.35. The summed E-state index contributed by atoms with van der Waals surface area (Å²) in [5.74, 6) is -2.38. The number of amides is 1. The Morgan fingerprint density at radius 3 is 2.24 bits per heavy atom. The van der Waals surface area contributed by atoms with Gasteiger partial charge in [0.15, 0.2) is 0 Å². The van der Waals surface area contributed by atoms with Crippen LogP contribution in [0.3, 0.4) is 0 Å². The highest BCUT2D eigenvalue weighted by molar-refractivity contribution is 5.76. The largest absolute Gasteiger partial charge is 0.490 e. The van der Waals surface area contributed by atoms with Crippen LogP contribution in [0.5, 0.6) is 0 Å². The van der Waals surface area contributed by atoms with E-state index >= 15 is 0 Å². The van der Waals surface area contributed by atoms with E-state index in [0.717, 1.165) is 0 Å². The average molecular weight is 307 g/mol. The van der Waals surface area contributed by atoms with E-state index < -0.39 is 28.6 Å². The highest BCUT2D eigenvalue weighted by Gasteiger charge is 2.72. The molecule has 2 rings (SSSR count). The molecule has 1 amide bonds. The number of nitrogens with one attached hydrogen (secondary N) is 1. The zero-order chi connectivity index (χ0) is 16.3. The fourth-order valence-corrected chi connectivity index (χ4v) is 4.04. The molecule has 2 aliphatic rings. The van der Waals surface area contributed by atoms with Gasteiger partial charge in [0.1, 0.15) is 5.60 Å². The van der Waals surface area contributed by atoms with Crippen molar-refractivity contribution in [3.05, 3.63) is 0 Å². The van der Waals surface area contributed by atoms with Crippen molar-refractivity contribution in [3.63, 3.8) is 0 Å². The number of hydrogen-bond acceptors (Lipinski definition) is 3. The fraction of sp³-hybridized carbons (Fsp3) is 0.857. The number of esters is 1. The lowest BCUT2D eigenvalue weighted by atomic mass is 9.68. The number of fused-ring (bicyclic) bond motifs is 2. The van der Waals surface area contributed by atoms with E-state index in [1.165, 1.54) is 6.92 Å². The van der Waals surface area contributed by atoms with E-state index in [-0.39, 0.29) is 18.4 Å². The Hall–Kier alpha value is -1.27.